The van der Waals surface area contributed by atoms with Gasteiger partial charge in [0.2, 0.25) is 0 Å². The number of nitrogens with two attached hydrogens (primary N) is 2. The van der Waals surface area contributed by atoms with Crippen LogP contribution in [0.15, 0.2) is 42.5 Å². The fraction of sp³-hybridized carbons (Fsp3) is 0.0769. The van der Waals surface area contributed by atoms with E-state index in [4.69, 9.17) is 11.5 Å². The lowest BCUT2D eigenvalue weighted by atomic mass is 10.0. The second kappa shape index (κ2) is 4.14. The Balaban J connectivity index is 2.58. The summed E-state index contributed by atoms with van der Waals surface area (Å²) < 4.78 is 0. The Morgan fingerprint density at radius 2 is 1.62 bits per heavy atom. The number of benzene rings is 2. The second-order valence-electron chi connectivity index (χ2n) is 3.64. The Morgan fingerprint density at radius 3 is 2.25 bits per heavy atom. The zero-order valence-electron chi connectivity index (χ0n) is 9.20. The Morgan fingerprint density at radius 1 is 0.938 bits per heavy atom. The van der Waals surface area contributed by atoms with Gasteiger partial charge in [-0.1, -0.05) is 18.2 Å². The van der Waals surface area contributed by atoms with Crippen LogP contribution in [0.25, 0.3) is 11.1 Å². The van der Waals surface area contributed by atoms with E-state index in [2.05, 4.69) is 5.32 Å². The van der Waals surface area contributed by atoms with Gasteiger partial charge in [0.05, 0.1) is 0 Å². The van der Waals surface area contributed by atoms with Crippen LogP contribution in [-0.4, -0.2) is 7.05 Å². The van der Waals surface area contributed by atoms with Crippen LogP contribution in [0.3, 0.4) is 0 Å². The maximum Gasteiger partial charge on any atom is 0.0438 e. The molecule has 16 heavy (non-hydrogen) atoms. The minimum atomic E-state index is 0.754. The predicted octanol–water partition coefficient (Wildman–Crippen LogP) is 2.56. The quantitative estimate of drug-likeness (QED) is 0.672. The molecule has 0 fully saturated rings. The van der Waals surface area contributed by atoms with Crippen LogP contribution in [0, 0.1) is 0 Å². The van der Waals surface area contributed by atoms with Crippen molar-refractivity contribution in [3.8, 4) is 11.1 Å². The lowest BCUT2D eigenvalue weighted by Gasteiger charge is -2.12. The van der Waals surface area contributed by atoms with Gasteiger partial charge in [0.25, 0.3) is 0 Å². The Labute approximate surface area is 95.1 Å². The van der Waals surface area contributed by atoms with Crippen LogP contribution in [0.5, 0.6) is 0 Å². The van der Waals surface area contributed by atoms with Gasteiger partial charge in [0.1, 0.15) is 0 Å². The Hall–Kier alpha value is -2.16. The van der Waals surface area contributed by atoms with Crippen molar-refractivity contribution in [2.75, 3.05) is 23.8 Å². The average Bonchev–Trinajstić information content (AvgIpc) is 2.30. The average molecular weight is 213 g/mol. The topological polar surface area (TPSA) is 64.1 Å². The van der Waals surface area contributed by atoms with Crippen LogP contribution in [-0.2, 0) is 0 Å². The minimum Gasteiger partial charge on any atom is -0.399 e. The molecule has 0 atom stereocenters. The monoisotopic (exact) mass is 213 g/mol. The summed E-state index contributed by atoms with van der Waals surface area (Å²) in [6, 6.07) is 13.5. The number of anilines is 3. The lowest BCUT2D eigenvalue weighted by molar-refractivity contribution is 1.50. The molecule has 0 heterocycles. The van der Waals surface area contributed by atoms with Gasteiger partial charge in [-0.25, -0.2) is 0 Å². The highest BCUT2D eigenvalue weighted by Crippen LogP contribution is 2.33. The molecule has 0 aliphatic carbocycles. The summed E-state index contributed by atoms with van der Waals surface area (Å²) in [5.41, 5.74) is 16.3. The normalized spacial score (nSPS) is 10.1. The van der Waals surface area contributed by atoms with Crippen LogP contribution >= 0.6 is 0 Å². The number of hydrogen-bond acceptors (Lipinski definition) is 3. The molecule has 0 aliphatic rings. The van der Waals surface area contributed by atoms with Gasteiger partial charge in [-0.15, -0.1) is 0 Å². The van der Waals surface area contributed by atoms with Gasteiger partial charge in [0, 0.05) is 29.7 Å². The predicted molar refractivity (Wildman–Crippen MR) is 70.2 cm³/mol. The van der Waals surface area contributed by atoms with E-state index < -0.39 is 0 Å². The smallest absolute Gasteiger partial charge is 0.0438 e. The van der Waals surface area contributed by atoms with Gasteiger partial charge in [0.15, 0.2) is 0 Å². The Bertz CT molecular complexity index is 489. The number of rotatable bonds is 2. The van der Waals surface area contributed by atoms with Gasteiger partial charge < -0.3 is 16.8 Å². The van der Waals surface area contributed by atoms with E-state index in [9.17, 15) is 0 Å². The van der Waals surface area contributed by atoms with Crippen molar-refractivity contribution in [1.82, 2.24) is 0 Å². The molecular formula is C13H15N3. The molecule has 0 aromatic heterocycles. The summed E-state index contributed by atoms with van der Waals surface area (Å²) in [5, 5.41) is 3.14. The zero-order valence-corrected chi connectivity index (χ0v) is 9.20. The van der Waals surface area contributed by atoms with Crippen molar-refractivity contribution in [2.45, 2.75) is 0 Å². The maximum atomic E-state index is 6.00. The van der Waals surface area contributed by atoms with Crippen molar-refractivity contribution in [1.29, 1.82) is 0 Å². The van der Waals surface area contributed by atoms with E-state index in [0.717, 1.165) is 28.2 Å². The van der Waals surface area contributed by atoms with Crippen molar-refractivity contribution in [3.63, 3.8) is 0 Å². The van der Waals surface area contributed by atoms with Crippen molar-refractivity contribution >= 4 is 17.1 Å². The molecule has 0 bridgehead atoms. The fourth-order valence-corrected chi connectivity index (χ4v) is 1.75. The highest BCUT2D eigenvalue weighted by atomic mass is 14.8. The molecule has 2 rings (SSSR count). The third-order valence-corrected chi connectivity index (χ3v) is 2.57. The summed E-state index contributed by atoms with van der Waals surface area (Å²) in [6.45, 7) is 0. The molecule has 0 saturated heterocycles. The summed E-state index contributed by atoms with van der Waals surface area (Å²) in [7, 11) is 1.88. The first-order valence-electron chi connectivity index (χ1n) is 5.14. The first kappa shape index (κ1) is 10.4. The number of nitrogen functional groups attached to an aromatic ring is 2. The van der Waals surface area contributed by atoms with Gasteiger partial charge in [-0.05, 0) is 29.8 Å². The molecule has 0 radical (unpaired) electrons. The summed E-state index contributed by atoms with van der Waals surface area (Å²) in [5.74, 6) is 0. The number of hydrogen-bond donors (Lipinski definition) is 3. The molecule has 5 N–H and O–H groups in total. The van der Waals surface area contributed by atoms with Gasteiger partial charge in [-0.3, -0.25) is 0 Å². The maximum absolute atomic E-state index is 6.00. The van der Waals surface area contributed by atoms with E-state index in [1.807, 2.05) is 49.5 Å². The molecule has 0 spiro atoms. The summed E-state index contributed by atoms with van der Waals surface area (Å²) >= 11 is 0. The van der Waals surface area contributed by atoms with E-state index in [1.165, 1.54) is 0 Å². The van der Waals surface area contributed by atoms with Crippen molar-refractivity contribution in [3.05, 3.63) is 42.5 Å². The molecule has 0 amide bonds. The third-order valence-electron chi connectivity index (χ3n) is 2.57. The van der Waals surface area contributed by atoms with E-state index in [-0.39, 0.29) is 0 Å². The van der Waals surface area contributed by atoms with E-state index >= 15 is 0 Å². The first-order valence-corrected chi connectivity index (χ1v) is 5.14. The molecule has 82 valence electrons. The molecule has 2 aromatic rings. The van der Waals surface area contributed by atoms with Crippen LogP contribution in [0.2, 0.25) is 0 Å². The highest BCUT2D eigenvalue weighted by molar-refractivity contribution is 5.87. The fourth-order valence-electron chi connectivity index (χ4n) is 1.75. The third kappa shape index (κ3) is 1.80. The molecule has 2 aromatic carbocycles. The molecule has 0 aliphatic heterocycles. The summed E-state index contributed by atoms with van der Waals surface area (Å²) in [6.07, 6.45) is 0. The number of nitrogens with one attached hydrogen (secondary N) is 1. The lowest BCUT2D eigenvalue weighted by Crippen LogP contribution is -1.97. The molecule has 3 nitrogen and oxygen atoms in total. The van der Waals surface area contributed by atoms with Crippen LogP contribution in [0.4, 0.5) is 17.1 Å². The van der Waals surface area contributed by atoms with E-state index in [1.54, 1.807) is 0 Å². The van der Waals surface area contributed by atoms with Gasteiger partial charge in [-0.2, -0.15) is 0 Å². The van der Waals surface area contributed by atoms with Crippen LogP contribution < -0.4 is 16.8 Å². The van der Waals surface area contributed by atoms with Crippen molar-refractivity contribution < 1.29 is 0 Å². The Kier molecular flexibility index (Phi) is 2.68. The van der Waals surface area contributed by atoms with Crippen molar-refractivity contribution in [2.24, 2.45) is 0 Å². The minimum absolute atomic E-state index is 0.754. The first-order chi connectivity index (χ1) is 7.72. The largest absolute Gasteiger partial charge is 0.399 e. The molecular weight excluding hydrogens is 198 g/mol. The van der Waals surface area contributed by atoms with Gasteiger partial charge >= 0.3 is 0 Å². The zero-order chi connectivity index (χ0) is 11.5. The standard InChI is InChI=1S/C13H15N3/c1-16-12-4-2-3-11(15)13(12)9-5-7-10(14)8-6-9/h2-8,16H,14-15H2,1H3. The van der Waals surface area contributed by atoms with Crippen LogP contribution in [0.1, 0.15) is 0 Å². The second-order valence-corrected chi connectivity index (χ2v) is 3.64. The summed E-state index contributed by atoms with van der Waals surface area (Å²) in [4.78, 5) is 0. The van der Waals surface area contributed by atoms with E-state index in [0.29, 0.717) is 0 Å². The SMILES string of the molecule is CNc1cccc(N)c1-c1ccc(N)cc1. The molecule has 0 unspecified atom stereocenters. The molecule has 0 saturated carbocycles. The molecule has 3 heteroatoms. The highest BCUT2D eigenvalue weighted by Gasteiger charge is 2.07.